The van der Waals surface area contributed by atoms with E-state index in [0.29, 0.717) is 6.42 Å². The molecule has 0 radical (unpaired) electrons. The van der Waals surface area contributed by atoms with Gasteiger partial charge in [0.1, 0.15) is 0 Å². The first kappa shape index (κ1) is 20.7. The second-order valence-electron chi connectivity index (χ2n) is 9.64. The third-order valence-electron chi connectivity index (χ3n) is 4.86. The van der Waals surface area contributed by atoms with Gasteiger partial charge in [0.05, 0.1) is 17.8 Å². The first-order valence-electron chi connectivity index (χ1n) is 8.67. The van der Waals surface area contributed by atoms with Crippen LogP contribution < -0.4 is 0 Å². The van der Waals surface area contributed by atoms with Crippen LogP contribution in [0.15, 0.2) is 0 Å². The summed E-state index contributed by atoms with van der Waals surface area (Å²) < 4.78 is 5.34. The van der Waals surface area contributed by atoms with Crippen LogP contribution in [-0.2, 0) is 19.1 Å². The van der Waals surface area contributed by atoms with Gasteiger partial charge in [-0.05, 0) is 17.3 Å². The van der Waals surface area contributed by atoms with Crippen molar-refractivity contribution in [1.29, 1.82) is 0 Å². The Bertz CT molecular complexity index is 524. The standard InChI is InChI=1S/C19H33NO4/c1-12(2)15(22)24-14-10-13(21)20(14)16(23)19(9,18(6,7)8)11-17(3,4)5/h12,14H,10-11H2,1-9H3. The molecule has 0 aromatic carbocycles. The normalized spacial score (nSPS) is 21.3. The maximum absolute atomic E-state index is 13.3. The lowest BCUT2D eigenvalue weighted by molar-refractivity contribution is -0.196. The van der Waals surface area contributed by atoms with E-state index in [1.807, 2.05) is 27.7 Å². The van der Waals surface area contributed by atoms with Gasteiger partial charge < -0.3 is 4.74 Å². The monoisotopic (exact) mass is 339 g/mol. The van der Waals surface area contributed by atoms with Crippen LogP contribution >= 0.6 is 0 Å². The molecular weight excluding hydrogens is 306 g/mol. The van der Waals surface area contributed by atoms with Crippen LogP contribution in [0, 0.1) is 22.2 Å². The third kappa shape index (κ3) is 4.17. The van der Waals surface area contributed by atoms with Gasteiger partial charge in [-0.2, -0.15) is 0 Å². The van der Waals surface area contributed by atoms with E-state index in [1.54, 1.807) is 13.8 Å². The highest BCUT2D eigenvalue weighted by molar-refractivity contribution is 6.03. The zero-order valence-corrected chi connectivity index (χ0v) is 16.6. The topological polar surface area (TPSA) is 63.7 Å². The van der Waals surface area contributed by atoms with Gasteiger partial charge in [-0.25, -0.2) is 4.90 Å². The summed E-state index contributed by atoms with van der Waals surface area (Å²) in [4.78, 5) is 38.3. The maximum atomic E-state index is 13.3. The molecule has 1 fully saturated rings. The molecule has 1 aliphatic rings. The van der Waals surface area contributed by atoms with Crippen molar-refractivity contribution in [3.05, 3.63) is 0 Å². The van der Waals surface area contributed by atoms with E-state index in [-0.39, 0.29) is 35.0 Å². The van der Waals surface area contributed by atoms with Crippen molar-refractivity contribution in [3.8, 4) is 0 Å². The van der Waals surface area contributed by atoms with E-state index in [1.165, 1.54) is 0 Å². The van der Waals surface area contributed by atoms with Gasteiger partial charge in [-0.1, -0.05) is 62.3 Å². The van der Waals surface area contributed by atoms with Gasteiger partial charge in [0.15, 0.2) is 6.23 Å². The predicted molar refractivity (Wildman–Crippen MR) is 92.8 cm³/mol. The Morgan fingerprint density at radius 3 is 1.96 bits per heavy atom. The number of hydrogen-bond acceptors (Lipinski definition) is 4. The number of esters is 1. The van der Waals surface area contributed by atoms with E-state index in [2.05, 4.69) is 20.8 Å². The van der Waals surface area contributed by atoms with Gasteiger partial charge in [0, 0.05) is 0 Å². The fourth-order valence-corrected chi connectivity index (χ4v) is 2.98. The Balaban J connectivity index is 3.09. The number of β-lactam (4-membered cyclic amide) rings is 1. The summed E-state index contributed by atoms with van der Waals surface area (Å²) in [6.45, 7) is 17.6. The minimum absolute atomic E-state index is 0.0737. The molecule has 0 N–H and O–H groups in total. The van der Waals surface area contributed by atoms with Crippen molar-refractivity contribution < 1.29 is 19.1 Å². The Labute approximate surface area is 146 Å². The third-order valence-corrected chi connectivity index (χ3v) is 4.86. The summed E-state index contributed by atoms with van der Waals surface area (Å²) in [5.74, 6) is -1.20. The zero-order valence-electron chi connectivity index (χ0n) is 16.6. The Kier molecular flexibility index (Phi) is 5.58. The number of amides is 2. The lowest BCUT2D eigenvalue weighted by atomic mass is 9.60. The van der Waals surface area contributed by atoms with E-state index in [9.17, 15) is 14.4 Å². The smallest absolute Gasteiger partial charge is 0.310 e. The number of rotatable bonds is 4. The Morgan fingerprint density at radius 2 is 1.62 bits per heavy atom. The van der Waals surface area contributed by atoms with Crippen molar-refractivity contribution in [2.45, 2.75) is 81.4 Å². The molecule has 138 valence electrons. The number of carbonyl (C=O) groups excluding carboxylic acids is 3. The second kappa shape index (κ2) is 6.49. The highest BCUT2D eigenvalue weighted by atomic mass is 16.6. The molecule has 0 aromatic rings. The Morgan fingerprint density at radius 1 is 1.12 bits per heavy atom. The fourth-order valence-electron chi connectivity index (χ4n) is 2.98. The van der Waals surface area contributed by atoms with Crippen LogP contribution in [0.2, 0.25) is 0 Å². The molecule has 1 rings (SSSR count). The molecule has 24 heavy (non-hydrogen) atoms. The van der Waals surface area contributed by atoms with Crippen LogP contribution in [0.5, 0.6) is 0 Å². The molecule has 5 heteroatoms. The first-order chi connectivity index (χ1) is 10.6. The molecule has 0 spiro atoms. The summed E-state index contributed by atoms with van der Waals surface area (Å²) in [6.07, 6.45) is -0.0433. The number of nitrogens with zero attached hydrogens (tertiary/aromatic N) is 1. The van der Waals surface area contributed by atoms with E-state index in [0.717, 1.165) is 4.90 Å². The molecule has 2 atom stereocenters. The Hall–Kier alpha value is -1.39. The van der Waals surface area contributed by atoms with Crippen LogP contribution in [0.4, 0.5) is 0 Å². The number of imide groups is 1. The largest absolute Gasteiger partial charge is 0.440 e. The van der Waals surface area contributed by atoms with Gasteiger partial charge >= 0.3 is 5.97 Å². The van der Waals surface area contributed by atoms with Crippen molar-refractivity contribution >= 4 is 17.8 Å². The van der Waals surface area contributed by atoms with Gasteiger partial charge in [-0.15, -0.1) is 0 Å². The summed E-state index contributed by atoms with van der Waals surface area (Å²) in [5, 5.41) is 0. The molecule has 1 heterocycles. The number of carbonyl (C=O) groups is 3. The highest BCUT2D eigenvalue weighted by Crippen LogP contribution is 2.49. The quantitative estimate of drug-likeness (QED) is 0.578. The summed E-state index contributed by atoms with van der Waals surface area (Å²) in [5.41, 5.74) is -1.14. The first-order valence-corrected chi connectivity index (χ1v) is 8.67. The van der Waals surface area contributed by atoms with E-state index in [4.69, 9.17) is 4.74 Å². The average molecular weight is 339 g/mol. The van der Waals surface area contributed by atoms with Crippen LogP contribution in [0.25, 0.3) is 0 Å². The molecule has 5 nitrogen and oxygen atoms in total. The molecule has 0 aromatic heterocycles. The number of ether oxygens (including phenoxy) is 1. The lowest BCUT2D eigenvalue weighted by Crippen LogP contribution is -2.63. The predicted octanol–water partition coefficient (Wildman–Crippen LogP) is 3.76. The van der Waals surface area contributed by atoms with Gasteiger partial charge in [0.2, 0.25) is 11.8 Å². The summed E-state index contributed by atoms with van der Waals surface area (Å²) >= 11 is 0. The fraction of sp³-hybridized carbons (Fsp3) is 0.842. The van der Waals surface area contributed by atoms with Crippen molar-refractivity contribution in [2.75, 3.05) is 0 Å². The minimum atomic E-state index is -0.762. The molecule has 0 saturated carbocycles. The van der Waals surface area contributed by atoms with Crippen molar-refractivity contribution in [2.24, 2.45) is 22.2 Å². The molecule has 0 aliphatic carbocycles. The molecule has 1 saturated heterocycles. The van der Waals surface area contributed by atoms with Crippen LogP contribution in [0.1, 0.15) is 75.2 Å². The van der Waals surface area contributed by atoms with Gasteiger partial charge in [-0.3, -0.25) is 14.4 Å². The molecular formula is C19H33NO4. The van der Waals surface area contributed by atoms with E-state index >= 15 is 0 Å². The lowest BCUT2D eigenvalue weighted by Gasteiger charge is -2.49. The molecule has 2 unspecified atom stereocenters. The SMILES string of the molecule is CC(C)C(=O)OC1CC(=O)N1C(=O)C(C)(CC(C)(C)C)C(C)(C)C. The molecule has 0 bridgehead atoms. The van der Waals surface area contributed by atoms with Gasteiger partial charge in [0.25, 0.3) is 0 Å². The van der Waals surface area contributed by atoms with Crippen molar-refractivity contribution in [1.82, 2.24) is 4.90 Å². The minimum Gasteiger partial charge on any atom is -0.440 e. The summed E-state index contributed by atoms with van der Waals surface area (Å²) in [7, 11) is 0. The number of hydrogen-bond donors (Lipinski definition) is 0. The average Bonchev–Trinajstić information content (AvgIpc) is 2.33. The highest BCUT2D eigenvalue weighted by Gasteiger charge is 2.54. The maximum Gasteiger partial charge on any atom is 0.310 e. The molecule has 1 aliphatic heterocycles. The molecule has 2 amide bonds. The van der Waals surface area contributed by atoms with Crippen LogP contribution in [-0.4, -0.2) is 28.9 Å². The number of likely N-dealkylation sites (tertiary alicyclic amines) is 1. The van der Waals surface area contributed by atoms with E-state index < -0.39 is 17.6 Å². The zero-order chi connectivity index (χ0) is 19.1. The van der Waals surface area contributed by atoms with Crippen molar-refractivity contribution in [3.63, 3.8) is 0 Å². The summed E-state index contributed by atoms with van der Waals surface area (Å²) in [6, 6.07) is 0. The second-order valence-corrected chi connectivity index (χ2v) is 9.64. The van der Waals surface area contributed by atoms with Crippen LogP contribution in [0.3, 0.4) is 0 Å².